The lowest BCUT2D eigenvalue weighted by molar-refractivity contribution is 0.101. The maximum absolute atomic E-state index is 12.1. The van der Waals surface area contributed by atoms with Gasteiger partial charge in [-0.1, -0.05) is 0 Å². The van der Waals surface area contributed by atoms with Gasteiger partial charge in [-0.15, -0.1) is 11.3 Å². The van der Waals surface area contributed by atoms with E-state index in [2.05, 4.69) is 15.3 Å². The molecule has 2 aromatic heterocycles. The third kappa shape index (κ3) is 2.71. The van der Waals surface area contributed by atoms with Crippen molar-refractivity contribution in [3.8, 4) is 0 Å². The Balaban J connectivity index is 1.83. The summed E-state index contributed by atoms with van der Waals surface area (Å²) in [4.78, 5) is 30.5. The first kappa shape index (κ1) is 13.5. The van der Waals surface area contributed by atoms with Crippen LogP contribution in [0.4, 0.5) is 5.69 Å². The molecule has 21 heavy (non-hydrogen) atoms. The molecule has 0 aliphatic carbocycles. The Hall–Kier alpha value is -2.47. The lowest BCUT2D eigenvalue weighted by Gasteiger charge is -2.03. The molecule has 3 aromatic rings. The third-order valence-electron chi connectivity index (χ3n) is 3.09. The van der Waals surface area contributed by atoms with Gasteiger partial charge in [0.05, 0.1) is 15.2 Å². The van der Waals surface area contributed by atoms with Crippen LogP contribution in [0.15, 0.2) is 30.5 Å². The van der Waals surface area contributed by atoms with Crippen LogP contribution < -0.4 is 5.32 Å². The number of rotatable bonds is 3. The number of carbonyl (C=O) groups excluding carboxylic acids is 2. The molecule has 0 bridgehead atoms. The minimum atomic E-state index is -0.275. The van der Waals surface area contributed by atoms with Gasteiger partial charge in [-0.2, -0.15) is 0 Å². The van der Waals surface area contributed by atoms with E-state index in [1.165, 1.54) is 13.1 Å². The Morgan fingerprint density at radius 2 is 2.10 bits per heavy atom. The minimum absolute atomic E-state index is 0.0770. The predicted molar refractivity (Wildman–Crippen MR) is 83.1 cm³/mol. The van der Waals surface area contributed by atoms with E-state index in [0.29, 0.717) is 16.9 Å². The number of Topliss-reactive ketones (excluding diaryl/α,β-unsaturated/α-hetero) is 1. The first-order chi connectivity index (χ1) is 10.0. The number of nitrogens with zero attached hydrogens (tertiary/aromatic N) is 1. The number of aryl methyl sites for hydroxylation is 1. The summed E-state index contributed by atoms with van der Waals surface area (Å²) in [7, 11) is 0. The number of thiazole rings is 1. The Morgan fingerprint density at radius 3 is 2.81 bits per heavy atom. The monoisotopic (exact) mass is 299 g/mol. The van der Waals surface area contributed by atoms with Gasteiger partial charge in [0, 0.05) is 17.4 Å². The summed E-state index contributed by atoms with van der Waals surface area (Å²) in [6, 6.07) is 7.14. The molecule has 2 heterocycles. The fourth-order valence-electron chi connectivity index (χ4n) is 2.04. The van der Waals surface area contributed by atoms with Gasteiger partial charge < -0.3 is 10.3 Å². The normalized spacial score (nSPS) is 10.8. The van der Waals surface area contributed by atoms with Crippen molar-refractivity contribution in [2.45, 2.75) is 13.8 Å². The van der Waals surface area contributed by atoms with Gasteiger partial charge in [0.1, 0.15) is 5.69 Å². The number of nitrogens with one attached hydrogen (secondary N) is 2. The SMILES string of the molecule is CC(=O)c1c[nH]c(C(=O)Nc2ccc3nc(C)sc3c2)c1. The van der Waals surface area contributed by atoms with Crippen LogP contribution in [-0.2, 0) is 0 Å². The number of hydrogen-bond donors (Lipinski definition) is 2. The number of benzene rings is 1. The fraction of sp³-hybridized carbons (Fsp3) is 0.133. The van der Waals surface area contributed by atoms with Gasteiger partial charge in [-0.25, -0.2) is 4.98 Å². The standard InChI is InChI=1S/C15H13N3O2S/c1-8(19)10-5-13(16-7-10)15(20)18-11-3-4-12-14(6-11)21-9(2)17-12/h3-7,16H,1-2H3,(H,18,20). The molecular weight excluding hydrogens is 286 g/mol. The summed E-state index contributed by atoms with van der Waals surface area (Å²) in [5.41, 5.74) is 2.49. The van der Waals surface area contributed by atoms with E-state index in [-0.39, 0.29) is 11.7 Å². The number of hydrogen-bond acceptors (Lipinski definition) is 4. The lowest BCUT2D eigenvalue weighted by atomic mass is 10.2. The largest absolute Gasteiger partial charge is 0.356 e. The molecule has 1 aromatic carbocycles. The van der Waals surface area contributed by atoms with Crippen molar-refractivity contribution in [3.05, 3.63) is 46.7 Å². The molecule has 0 aliphatic rings. The number of carbonyl (C=O) groups is 2. The summed E-state index contributed by atoms with van der Waals surface area (Å²) in [6.45, 7) is 3.41. The van der Waals surface area contributed by atoms with E-state index >= 15 is 0 Å². The van der Waals surface area contributed by atoms with E-state index in [4.69, 9.17) is 0 Å². The van der Waals surface area contributed by atoms with Crippen LogP contribution >= 0.6 is 11.3 Å². The van der Waals surface area contributed by atoms with E-state index < -0.39 is 0 Å². The molecule has 0 unspecified atom stereocenters. The van der Waals surface area contributed by atoms with Gasteiger partial charge in [0.25, 0.3) is 5.91 Å². The summed E-state index contributed by atoms with van der Waals surface area (Å²) in [6.07, 6.45) is 1.53. The molecule has 0 radical (unpaired) electrons. The van der Waals surface area contributed by atoms with Crippen molar-refractivity contribution < 1.29 is 9.59 Å². The van der Waals surface area contributed by atoms with Crippen molar-refractivity contribution in [3.63, 3.8) is 0 Å². The second kappa shape index (κ2) is 5.14. The van der Waals surface area contributed by atoms with Gasteiger partial charge in [0.15, 0.2) is 5.78 Å². The highest BCUT2D eigenvalue weighted by Gasteiger charge is 2.11. The van der Waals surface area contributed by atoms with Crippen molar-refractivity contribution in [2.24, 2.45) is 0 Å². The predicted octanol–water partition coefficient (Wildman–Crippen LogP) is 3.39. The van der Waals surface area contributed by atoms with Crippen LogP contribution in [0.5, 0.6) is 0 Å². The zero-order chi connectivity index (χ0) is 15.0. The van der Waals surface area contributed by atoms with Crippen LogP contribution in [0.3, 0.4) is 0 Å². The molecule has 1 amide bonds. The smallest absolute Gasteiger partial charge is 0.272 e. The number of aromatic nitrogens is 2. The van der Waals surface area contributed by atoms with E-state index in [9.17, 15) is 9.59 Å². The van der Waals surface area contributed by atoms with Crippen LogP contribution in [0, 0.1) is 6.92 Å². The molecule has 5 nitrogen and oxygen atoms in total. The fourth-order valence-corrected chi connectivity index (χ4v) is 2.91. The minimum Gasteiger partial charge on any atom is -0.356 e. The highest BCUT2D eigenvalue weighted by atomic mass is 32.1. The first-order valence-electron chi connectivity index (χ1n) is 6.41. The maximum Gasteiger partial charge on any atom is 0.272 e. The number of H-pyrrole nitrogens is 1. The molecule has 0 saturated heterocycles. The topological polar surface area (TPSA) is 74.8 Å². The molecule has 0 spiro atoms. The van der Waals surface area contributed by atoms with Crippen molar-refractivity contribution in [1.82, 2.24) is 9.97 Å². The van der Waals surface area contributed by atoms with E-state index in [0.717, 1.165) is 15.2 Å². The molecule has 0 saturated carbocycles. The second-order valence-corrected chi connectivity index (χ2v) is 5.96. The van der Waals surface area contributed by atoms with Crippen LogP contribution in [0.25, 0.3) is 10.2 Å². The quantitative estimate of drug-likeness (QED) is 0.728. The Bertz CT molecular complexity index is 848. The van der Waals surface area contributed by atoms with Crippen molar-refractivity contribution in [2.75, 3.05) is 5.32 Å². The molecule has 2 N–H and O–H groups in total. The number of fused-ring (bicyclic) bond motifs is 1. The molecule has 0 atom stereocenters. The van der Waals surface area contributed by atoms with Crippen molar-refractivity contribution >= 4 is 38.9 Å². The Labute approximate surface area is 125 Å². The van der Waals surface area contributed by atoms with Crippen LogP contribution in [-0.4, -0.2) is 21.7 Å². The molecule has 106 valence electrons. The average molecular weight is 299 g/mol. The van der Waals surface area contributed by atoms with Crippen LogP contribution in [0.2, 0.25) is 0 Å². The molecular formula is C15H13N3O2S. The summed E-state index contributed by atoms with van der Waals surface area (Å²) in [5.74, 6) is -0.352. The van der Waals surface area contributed by atoms with Crippen molar-refractivity contribution in [1.29, 1.82) is 0 Å². The van der Waals surface area contributed by atoms with E-state index in [1.54, 1.807) is 17.4 Å². The summed E-state index contributed by atoms with van der Waals surface area (Å²) < 4.78 is 1.03. The first-order valence-corrected chi connectivity index (χ1v) is 7.22. The van der Waals surface area contributed by atoms with Gasteiger partial charge in [0.2, 0.25) is 0 Å². The van der Waals surface area contributed by atoms with Crippen LogP contribution in [0.1, 0.15) is 32.8 Å². The highest BCUT2D eigenvalue weighted by molar-refractivity contribution is 7.18. The number of ketones is 1. The summed E-state index contributed by atoms with van der Waals surface area (Å²) in [5, 5.41) is 3.80. The highest BCUT2D eigenvalue weighted by Crippen LogP contribution is 2.25. The number of amides is 1. The molecule has 6 heteroatoms. The Kier molecular flexibility index (Phi) is 3.31. The average Bonchev–Trinajstić information content (AvgIpc) is 3.03. The third-order valence-corrected chi connectivity index (χ3v) is 4.02. The molecule has 3 rings (SSSR count). The van der Waals surface area contributed by atoms with Gasteiger partial charge >= 0.3 is 0 Å². The van der Waals surface area contributed by atoms with Gasteiger partial charge in [-0.05, 0) is 38.1 Å². The Morgan fingerprint density at radius 1 is 1.29 bits per heavy atom. The summed E-state index contributed by atoms with van der Waals surface area (Å²) >= 11 is 1.58. The zero-order valence-corrected chi connectivity index (χ0v) is 12.4. The number of anilines is 1. The zero-order valence-electron chi connectivity index (χ0n) is 11.6. The van der Waals surface area contributed by atoms with Gasteiger partial charge in [-0.3, -0.25) is 9.59 Å². The second-order valence-electron chi connectivity index (χ2n) is 4.73. The lowest BCUT2D eigenvalue weighted by Crippen LogP contribution is -2.12. The number of aromatic amines is 1. The van der Waals surface area contributed by atoms with E-state index in [1.807, 2.05) is 25.1 Å². The maximum atomic E-state index is 12.1. The molecule has 0 aliphatic heterocycles. The molecule has 0 fully saturated rings.